The van der Waals surface area contributed by atoms with Crippen LogP contribution in [0.3, 0.4) is 0 Å². The number of hydrogen-bond donors (Lipinski definition) is 3. The summed E-state index contributed by atoms with van der Waals surface area (Å²) in [5.74, 6) is 2.47. The van der Waals surface area contributed by atoms with Gasteiger partial charge >= 0.3 is 0 Å². The van der Waals surface area contributed by atoms with E-state index in [0.29, 0.717) is 29.9 Å². The van der Waals surface area contributed by atoms with Crippen molar-refractivity contribution < 1.29 is 9.84 Å². The molecule has 0 bridgehead atoms. The average Bonchev–Trinajstić information content (AvgIpc) is 3.38. The predicted octanol–water partition coefficient (Wildman–Crippen LogP) is 7.16. The molecule has 246 valence electrons. The Hall–Kier alpha value is -2.75. The van der Waals surface area contributed by atoms with Crippen molar-refractivity contribution in [2.75, 3.05) is 43.5 Å². The molecule has 2 aliphatic carbocycles. The molecule has 9 nitrogen and oxygen atoms in total. The molecule has 0 radical (unpaired) electrons. The second-order valence-electron chi connectivity index (χ2n) is 14.6. The molecule has 0 atom stereocenters. The van der Waals surface area contributed by atoms with Crippen molar-refractivity contribution in [2.24, 2.45) is 11.8 Å². The van der Waals surface area contributed by atoms with E-state index in [4.69, 9.17) is 19.7 Å². The molecule has 2 saturated carbocycles. The van der Waals surface area contributed by atoms with Gasteiger partial charge in [0.15, 0.2) is 5.65 Å². The minimum Gasteiger partial charge on any atom is -0.390 e. The maximum Gasteiger partial charge on any atom is 0.224 e. The number of hydrogen-bond acceptors (Lipinski definition) is 8. The molecule has 6 rings (SSSR count). The van der Waals surface area contributed by atoms with Crippen molar-refractivity contribution in [3.05, 3.63) is 35.5 Å². The van der Waals surface area contributed by atoms with Crippen molar-refractivity contribution in [3.63, 3.8) is 0 Å². The first-order valence-electron chi connectivity index (χ1n) is 17.6. The van der Waals surface area contributed by atoms with Crippen molar-refractivity contribution in [2.45, 2.75) is 116 Å². The van der Waals surface area contributed by atoms with E-state index in [1.807, 2.05) is 20.0 Å². The molecule has 2 aromatic heterocycles. The van der Waals surface area contributed by atoms with Gasteiger partial charge in [-0.25, -0.2) is 9.97 Å². The van der Waals surface area contributed by atoms with Gasteiger partial charge in [-0.3, -0.25) is 4.57 Å². The number of nitrogens with zero attached hydrogens (tertiary/aromatic N) is 5. The summed E-state index contributed by atoms with van der Waals surface area (Å²) in [5, 5.41) is 17.8. The molecule has 9 heteroatoms. The van der Waals surface area contributed by atoms with E-state index in [9.17, 15) is 5.11 Å². The molecule has 3 N–H and O–H groups in total. The minimum absolute atomic E-state index is 0.315. The third kappa shape index (κ3) is 8.16. The first-order chi connectivity index (χ1) is 21.7. The Balaban J connectivity index is 1.15. The largest absolute Gasteiger partial charge is 0.390 e. The van der Waals surface area contributed by atoms with Crippen LogP contribution in [0.25, 0.3) is 11.2 Å². The van der Waals surface area contributed by atoms with Gasteiger partial charge in [0, 0.05) is 30.9 Å². The fourth-order valence-electron chi connectivity index (χ4n) is 7.79. The summed E-state index contributed by atoms with van der Waals surface area (Å²) >= 11 is 0. The summed E-state index contributed by atoms with van der Waals surface area (Å²) in [4.78, 5) is 17.4. The summed E-state index contributed by atoms with van der Waals surface area (Å²) < 4.78 is 8.54. The molecule has 3 heterocycles. The Morgan fingerprint density at radius 2 is 1.71 bits per heavy atom. The minimum atomic E-state index is -0.621. The van der Waals surface area contributed by atoms with E-state index < -0.39 is 5.60 Å². The summed E-state index contributed by atoms with van der Waals surface area (Å²) in [6.07, 6.45) is 14.4. The first-order valence-corrected chi connectivity index (χ1v) is 17.6. The molecule has 3 aliphatic rings. The molecule has 1 saturated heterocycles. The number of likely N-dealkylation sites (tertiary alicyclic amines) is 1. The Morgan fingerprint density at radius 3 is 2.42 bits per heavy atom. The zero-order valence-corrected chi connectivity index (χ0v) is 28.0. The van der Waals surface area contributed by atoms with Crippen LogP contribution < -0.4 is 10.6 Å². The van der Waals surface area contributed by atoms with E-state index in [1.165, 1.54) is 43.5 Å². The van der Waals surface area contributed by atoms with Gasteiger partial charge < -0.3 is 25.4 Å². The second kappa shape index (κ2) is 14.3. The van der Waals surface area contributed by atoms with Gasteiger partial charge in [0.2, 0.25) is 11.9 Å². The van der Waals surface area contributed by atoms with Crippen LogP contribution in [0, 0.1) is 25.7 Å². The maximum atomic E-state index is 10.5. The highest BCUT2D eigenvalue weighted by molar-refractivity contribution is 5.77. The van der Waals surface area contributed by atoms with Gasteiger partial charge in [-0.05, 0) is 128 Å². The number of aliphatic hydroxyl groups is 1. The van der Waals surface area contributed by atoms with Gasteiger partial charge in [0.05, 0.1) is 18.4 Å². The number of imidazole rings is 1. The molecule has 1 aromatic carbocycles. The summed E-state index contributed by atoms with van der Waals surface area (Å²) in [7, 11) is 0. The fraction of sp³-hybridized carbons (Fsp3) is 0.694. The SMILES string of the molecule is Cc1ccc(Nc2nc3cnc(N[C@H]4CC[C@H](C(C)(C)O)CC4)nc3n2[C@H]2CC[C@@H](COCCN3CCCCC3)CC2)c(C)c1. The molecule has 3 aromatic rings. The number of aromatic nitrogens is 4. The van der Waals surface area contributed by atoms with E-state index in [0.717, 1.165) is 93.9 Å². The lowest BCUT2D eigenvalue weighted by Crippen LogP contribution is -2.37. The molecule has 0 spiro atoms. The summed E-state index contributed by atoms with van der Waals surface area (Å²) in [6, 6.07) is 7.14. The second-order valence-corrected chi connectivity index (χ2v) is 14.6. The zero-order valence-electron chi connectivity index (χ0n) is 28.0. The van der Waals surface area contributed by atoms with Crippen LogP contribution in [0.4, 0.5) is 17.6 Å². The average molecular weight is 618 g/mol. The van der Waals surface area contributed by atoms with E-state index >= 15 is 0 Å². The third-order valence-corrected chi connectivity index (χ3v) is 10.7. The number of ether oxygens (including phenoxy) is 1. The van der Waals surface area contributed by atoms with Crippen LogP contribution in [0.1, 0.15) is 102 Å². The van der Waals surface area contributed by atoms with Crippen molar-refractivity contribution >= 4 is 28.7 Å². The zero-order chi connectivity index (χ0) is 31.4. The molecule has 3 fully saturated rings. The van der Waals surface area contributed by atoms with Crippen LogP contribution in [0.2, 0.25) is 0 Å². The number of piperidine rings is 1. The lowest BCUT2D eigenvalue weighted by atomic mass is 9.77. The van der Waals surface area contributed by atoms with E-state index in [1.54, 1.807) is 0 Å². The Bertz CT molecular complexity index is 1390. The quantitative estimate of drug-likeness (QED) is 0.195. The molecule has 0 amide bonds. The molecular formula is C36H55N7O2. The molecule has 1 aliphatic heterocycles. The number of anilines is 3. The van der Waals surface area contributed by atoms with Gasteiger partial charge in [-0.2, -0.15) is 4.98 Å². The lowest BCUT2D eigenvalue weighted by Gasteiger charge is -2.36. The van der Waals surface area contributed by atoms with Gasteiger partial charge in [0.1, 0.15) is 5.52 Å². The van der Waals surface area contributed by atoms with Crippen LogP contribution in [0.15, 0.2) is 24.4 Å². The highest BCUT2D eigenvalue weighted by Crippen LogP contribution is 2.38. The van der Waals surface area contributed by atoms with Crippen molar-refractivity contribution in [3.8, 4) is 0 Å². The fourth-order valence-corrected chi connectivity index (χ4v) is 7.79. The van der Waals surface area contributed by atoms with E-state index in [-0.39, 0.29) is 0 Å². The number of rotatable bonds is 11. The van der Waals surface area contributed by atoms with Gasteiger partial charge in [-0.15, -0.1) is 0 Å². The summed E-state index contributed by atoms with van der Waals surface area (Å²) in [5.41, 5.74) is 4.62. The van der Waals surface area contributed by atoms with Crippen LogP contribution in [-0.2, 0) is 4.74 Å². The normalized spacial score (nSPS) is 25.0. The summed E-state index contributed by atoms with van der Waals surface area (Å²) in [6.45, 7) is 13.4. The van der Waals surface area contributed by atoms with Crippen LogP contribution in [-0.4, -0.2) is 74.0 Å². The highest BCUT2D eigenvalue weighted by atomic mass is 16.5. The monoisotopic (exact) mass is 617 g/mol. The van der Waals surface area contributed by atoms with Gasteiger partial charge in [-0.1, -0.05) is 24.1 Å². The van der Waals surface area contributed by atoms with Gasteiger partial charge in [0.25, 0.3) is 0 Å². The number of benzene rings is 1. The Kier molecular flexibility index (Phi) is 10.3. The first kappa shape index (κ1) is 32.2. The molecular weight excluding hydrogens is 562 g/mol. The molecule has 45 heavy (non-hydrogen) atoms. The maximum absolute atomic E-state index is 10.5. The van der Waals surface area contributed by atoms with E-state index in [2.05, 4.69) is 52.1 Å². The van der Waals surface area contributed by atoms with Crippen LogP contribution in [0.5, 0.6) is 0 Å². The molecule has 0 unspecified atom stereocenters. The standard InChI is InChI=1S/C36H55N7O2/c1-25-8-17-31(26(2)22-25)39-35-40-32-23-37-34(38-29-13-11-28(12-14-29)36(3,4)44)41-33(32)43(35)30-15-9-27(10-16-30)24-45-21-20-42-18-6-5-7-19-42/h8,17,22-23,27-30,44H,5-7,9-16,18-21,24H2,1-4H3,(H,39,40)(H,37,38,41)/t27-,28-,29-,30+. The number of nitrogens with one attached hydrogen (secondary N) is 2. The number of aryl methyl sites for hydroxylation is 2. The number of fused-ring (bicyclic) bond motifs is 1. The highest BCUT2D eigenvalue weighted by Gasteiger charge is 2.32. The lowest BCUT2D eigenvalue weighted by molar-refractivity contribution is -0.000415. The predicted molar refractivity (Wildman–Crippen MR) is 182 cm³/mol. The third-order valence-electron chi connectivity index (χ3n) is 10.7. The van der Waals surface area contributed by atoms with Crippen molar-refractivity contribution in [1.29, 1.82) is 0 Å². The van der Waals surface area contributed by atoms with Crippen LogP contribution >= 0.6 is 0 Å². The Labute approximate surface area is 269 Å². The smallest absolute Gasteiger partial charge is 0.224 e. The Morgan fingerprint density at radius 1 is 0.956 bits per heavy atom. The topological polar surface area (TPSA) is 100 Å². The van der Waals surface area contributed by atoms with Crippen molar-refractivity contribution in [1.82, 2.24) is 24.4 Å².